The van der Waals surface area contributed by atoms with Crippen LogP contribution in [-0.4, -0.2) is 11.1 Å². The Morgan fingerprint density at radius 3 is 2.42 bits per heavy atom. The third-order valence-electron chi connectivity index (χ3n) is 2.73. The first-order valence-electron chi connectivity index (χ1n) is 5.29. The highest BCUT2D eigenvalue weighted by Gasteiger charge is 2.35. The molecule has 0 amide bonds. The molecular formula is C13H9F3O2S. The molecular weight excluding hydrogens is 277 g/mol. The molecule has 1 heterocycles. The molecule has 0 bridgehead atoms. The lowest BCUT2D eigenvalue weighted by Gasteiger charge is -2.12. The highest BCUT2D eigenvalue weighted by Crippen LogP contribution is 2.36. The molecule has 1 aromatic heterocycles. The average Bonchev–Trinajstić information content (AvgIpc) is 2.73. The van der Waals surface area contributed by atoms with E-state index in [4.69, 9.17) is 5.11 Å². The minimum absolute atomic E-state index is 0.371. The van der Waals surface area contributed by atoms with Crippen LogP contribution in [-0.2, 0) is 6.18 Å². The van der Waals surface area contributed by atoms with Crippen LogP contribution in [0.3, 0.4) is 0 Å². The number of carboxylic acid groups (broad SMARTS) is 1. The van der Waals surface area contributed by atoms with Gasteiger partial charge in [-0.3, -0.25) is 0 Å². The largest absolute Gasteiger partial charge is 0.478 e. The molecule has 19 heavy (non-hydrogen) atoms. The molecule has 0 unspecified atom stereocenters. The Balaban J connectivity index is 2.63. The smallest absolute Gasteiger partial charge is 0.417 e. The molecule has 0 aliphatic heterocycles. The van der Waals surface area contributed by atoms with Gasteiger partial charge in [-0.15, -0.1) is 11.3 Å². The molecule has 0 atom stereocenters. The Labute approximate surface area is 111 Å². The number of carboxylic acids is 1. The van der Waals surface area contributed by atoms with Crippen molar-refractivity contribution in [1.29, 1.82) is 0 Å². The van der Waals surface area contributed by atoms with Gasteiger partial charge in [-0.05, 0) is 41.6 Å². The first-order valence-corrected chi connectivity index (χ1v) is 6.17. The molecule has 0 spiro atoms. The first-order chi connectivity index (χ1) is 8.80. The number of benzene rings is 1. The summed E-state index contributed by atoms with van der Waals surface area (Å²) in [5.74, 6) is -1.58. The zero-order valence-electron chi connectivity index (χ0n) is 9.78. The van der Waals surface area contributed by atoms with Gasteiger partial charge in [0, 0.05) is 4.88 Å². The summed E-state index contributed by atoms with van der Waals surface area (Å²) in [6.07, 6.45) is -4.69. The fraction of sp³-hybridized carbons (Fsp3) is 0.154. The zero-order valence-corrected chi connectivity index (χ0v) is 10.6. The monoisotopic (exact) mass is 286 g/mol. The van der Waals surface area contributed by atoms with Crippen LogP contribution < -0.4 is 0 Å². The van der Waals surface area contributed by atoms with Crippen LogP contribution in [0.1, 0.15) is 20.8 Å². The number of alkyl halides is 3. The standard InChI is InChI=1S/C13H9F3O2S/c1-7-9(4-5-19-7)8-2-3-10(12(17)18)11(6-8)13(14,15)16/h2-6H,1H3,(H,17,18). The fourth-order valence-electron chi connectivity index (χ4n) is 1.82. The van der Waals surface area contributed by atoms with E-state index in [2.05, 4.69) is 0 Å². The number of thiophene rings is 1. The van der Waals surface area contributed by atoms with E-state index in [9.17, 15) is 18.0 Å². The van der Waals surface area contributed by atoms with Crippen LogP contribution in [0.5, 0.6) is 0 Å². The van der Waals surface area contributed by atoms with E-state index >= 15 is 0 Å². The minimum Gasteiger partial charge on any atom is -0.478 e. The molecule has 0 saturated carbocycles. The van der Waals surface area contributed by atoms with Crippen LogP contribution in [0, 0.1) is 6.92 Å². The number of aromatic carboxylic acids is 1. The Kier molecular flexibility index (Phi) is 3.36. The van der Waals surface area contributed by atoms with E-state index in [1.807, 2.05) is 0 Å². The summed E-state index contributed by atoms with van der Waals surface area (Å²) in [4.78, 5) is 11.7. The maximum absolute atomic E-state index is 12.9. The summed E-state index contributed by atoms with van der Waals surface area (Å²) in [6, 6.07) is 5.00. The van der Waals surface area contributed by atoms with Gasteiger partial charge in [0.15, 0.2) is 0 Å². The quantitative estimate of drug-likeness (QED) is 0.886. The zero-order chi connectivity index (χ0) is 14.2. The molecule has 2 rings (SSSR count). The third-order valence-corrected chi connectivity index (χ3v) is 3.57. The van der Waals surface area contributed by atoms with Crippen LogP contribution in [0.4, 0.5) is 13.2 Å². The topological polar surface area (TPSA) is 37.3 Å². The summed E-state index contributed by atoms with van der Waals surface area (Å²) in [5, 5.41) is 10.6. The SMILES string of the molecule is Cc1sccc1-c1ccc(C(=O)O)c(C(F)(F)F)c1. The lowest BCUT2D eigenvalue weighted by molar-refractivity contribution is -0.138. The minimum atomic E-state index is -4.69. The fourth-order valence-corrected chi connectivity index (χ4v) is 2.54. The number of halogens is 3. The summed E-state index contributed by atoms with van der Waals surface area (Å²) >= 11 is 1.43. The van der Waals surface area contributed by atoms with Crippen molar-refractivity contribution >= 4 is 17.3 Å². The van der Waals surface area contributed by atoms with E-state index < -0.39 is 23.3 Å². The molecule has 1 N–H and O–H groups in total. The molecule has 0 saturated heterocycles. The highest BCUT2D eigenvalue weighted by atomic mass is 32.1. The molecule has 1 aromatic carbocycles. The van der Waals surface area contributed by atoms with Crippen molar-refractivity contribution in [2.24, 2.45) is 0 Å². The number of aryl methyl sites for hydroxylation is 1. The molecule has 0 radical (unpaired) electrons. The molecule has 2 aromatic rings. The Morgan fingerprint density at radius 1 is 1.26 bits per heavy atom. The lowest BCUT2D eigenvalue weighted by atomic mass is 9.99. The molecule has 0 aliphatic carbocycles. The molecule has 6 heteroatoms. The molecule has 2 nitrogen and oxygen atoms in total. The second-order valence-corrected chi connectivity index (χ2v) is 5.07. The maximum Gasteiger partial charge on any atom is 0.417 e. The van der Waals surface area contributed by atoms with Gasteiger partial charge in [0.05, 0.1) is 11.1 Å². The first kappa shape index (κ1) is 13.6. The van der Waals surface area contributed by atoms with Crippen molar-refractivity contribution in [1.82, 2.24) is 0 Å². The van der Waals surface area contributed by atoms with Gasteiger partial charge in [-0.1, -0.05) is 6.07 Å². The van der Waals surface area contributed by atoms with Crippen molar-refractivity contribution < 1.29 is 23.1 Å². The van der Waals surface area contributed by atoms with Crippen LogP contribution in [0.15, 0.2) is 29.6 Å². The Hall–Kier alpha value is -1.82. The van der Waals surface area contributed by atoms with E-state index in [0.29, 0.717) is 11.1 Å². The van der Waals surface area contributed by atoms with Crippen molar-refractivity contribution in [2.75, 3.05) is 0 Å². The van der Waals surface area contributed by atoms with Crippen molar-refractivity contribution in [3.63, 3.8) is 0 Å². The van der Waals surface area contributed by atoms with Crippen molar-refractivity contribution in [3.8, 4) is 11.1 Å². The number of carbonyl (C=O) groups is 1. The second-order valence-electron chi connectivity index (χ2n) is 3.95. The second kappa shape index (κ2) is 4.70. The summed E-state index contributed by atoms with van der Waals surface area (Å²) < 4.78 is 38.6. The van der Waals surface area contributed by atoms with Crippen molar-refractivity contribution in [3.05, 3.63) is 45.6 Å². The van der Waals surface area contributed by atoms with Crippen molar-refractivity contribution in [2.45, 2.75) is 13.1 Å². The van der Waals surface area contributed by atoms with E-state index in [-0.39, 0.29) is 0 Å². The predicted octanol–water partition coefficient (Wildman–Crippen LogP) is 4.44. The van der Waals surface area contributed by atoms with Crippen LogP contribution >= 0.6 is 11.3 Å². The van der Waals surface area contributed by atoms with Crippen LogP contribution in [0.2, 0.25) is 0 Å². The third kappa shape index (κ3) is 2.63. The summed E-state index contributed by atoms with van der Waals surface area (Å²) in [6.45, 7) is 1.80. The van der Waals surface area contributed by atoms with Gasteiger partial charge in [-0.25, -0.2) is 4.79 Å². The number of hydrogen-bond donors (Lipinski definition) is 1. The summed E-state index contributed by atoms with van der Waals surface area (Å²) in [5.41, 5.74) is -0.796. The van der Waals surface area contributed by atoms with Gasteiger partial charge < -0.3 is 5.11 Å². The van der Waals surface area contributed by atoms with E-state index in [1.165, 1.54) is 17.4 Å². The molecule has 0 fully saturated rings. The number of rotatable bonds is 2. The van der Waals surface area contributed by atoms with Gasteiger partial charge in [-0.2, -0.15) is 13.2 Å². The van der Waals surface area contributed by atoms with Gasteiger partial charge in [0.2, 0.25) is 0 Å². The normalized spacial score (nSPS) is 11.6. The van der Waals surface area contributed by atoms with E-state index in [0.717, 1.165) is 17.0 Å². The average molecular weight is 286 g/mol. The highest BCUT2D eigenvalue weighted by molar-refractivity contribution is 7.10. The summed E-state index contributed by atoms with van der Waals surface area (Å²) in [7, 11) is 0. The van der Waals surface area contributed by atoms with Gasteiger partial charge >= 0.3 is 12.1 Å². The van der Waals surface area contributed by atoms with Gasteiger partial charge in [0.1, 0.15) is 0 Å². The molecule has 0 aliphatic rings. The Morgan fingerprint density at radius 2 is 1.95 bits per heavy atom. The van der Waals surface area contributed by atoms with Crippen LogP contribution in [0.25, 0.3) is 11.1 Å². The maximum atomic E-state index is 12.9. The Bertz CT molecular complexity index is 629. The predicted molar refractivity (Wildman–Crippen MR) is 66.5 cm³/mol. The number of hydrogen-bond acceptors (Lipinski definition) is 2. The molecule has 100 valence electrons. The lowest BCUT2D eigenvalue weighted by Crippen LogP contribution is -2.12. The van der Waals surface area contributed by atoms with Gasteiger partial charge in [0.25, 0.3) is 0 Å². The van der Waals surface area contributed by atoms with E-state index in [1.54, 1.807) is 18.4 Å².